The maximum absolute atomic E-state index is 12.6. The van der Waals surface area contributed by atoms with Gasteiger partial charge >= 0.3 is 0 Å². The van der Waals surface area contributed by atoms with Gasteiger partial charge in [0.25, 0.3) is 10.0 Å². The predicted molar refractivity (Wildman–Crippen MR) is 98.4 cm³/mol. The Morgan fingerprint density at radius 1 is 1.17 bits per heavy atom. The number of rotatable bonds is 4. The molecule has 0 unspecified atom stereocenters. The number of benzene rings is 1. The van der Waals surface area contributed by atoms with Crippen LogP contribution in [0, 0.1) is 20.8 Å². The van der Waals surface area contributed by atoms with E-state index in [2.05, 4.69) is 14.9 Å². The molecule has 0 saturated heterocycles. The second-order valence-corrected chi connectivity index (χ2v) is 8.94. The number of aryl methyl sites for hydroxylation is 2. The molecule has 0 aliphatic rings. The number of aromatic amines is 1. The van der Waals surface area contributed by atoms with Crippen molar-refractivity contribution < 1.29 is 8.42 Å². The highest BCUT2D eigenvalue weighted by Crippen LogP contribution is 2.33. The van der Waals surface area contributed by atoms with Crippen molar-refractivity contribution in [2.45, 2.75) is 25.0 Å². The summed E-state index contributed by atoms with van der Waals surface area (Å²) in [6.45, 7) is 5.71. The fourth-order valence-corrected chi connectivity index (χ4v) is 4.86. The van der Waals surface area contributed by atoms with Crippen molar-refractivity contribution in [2.24, 2.45) is 0 Å². The summed E-state index contributed by atoms with van der Waals surface area (Å²) in [5, 5.41) is 7.64. The Morgan fingerprint density at radius 2 is 1.92 bits per heavy atom. The number of hydrogen-bond acceptors (Lipinski definition) is 4. The Kier molecular flexibility index (Phi) is 4.42. The zero-order chi connectivity index (χ0) is 17.5. The fraction of sp³-hybridized carbons (Fsp3) is 0.188. The van der Waals surface area contributed by atoms with E-state index in [0.717, 1.165) is 27.4 Å². The van der Waals surface area contributed by atoms with Crippen molar-refractivity contribution in [3.63, 3.8) is 0 Å². The number of nitrogens with zero attached hydrogens (tertiary/aromatic N) is 1. The summed E-state index contributed by atoms with van der Waals surface area (Å²) >= 11 is 7.14. The highest BCUT2D eigenvalue weighted by molar-refractivity contribution is 7.94. The van der Waals surface area contributed by atoms with Crippen molar-refractivity contribution in [2.75, 3.05) is 4.72 Å². The number of halogens is 1. The minimum Gasteiger partial charge on any atom is -0.282 e. The van der Waals surface area contributed by atoms with E-state index < -0.39 is 10.0 Å². The van der Waals surface area contributed by atoms with Gasteiger partial charge in [-0.25, -0.2) is 8.42 Å². The monoisotopic (exact) mass is 381 g/mol. The van der Waals surface area contributed by atoms with E-state index in [0.29, 0.717) is 10.7 Å². The summed E-state index contributed by atoms with van der Waals surface area (Å²) in [6, 6.07) is 8.46. The maximum atomic E-state index is 12.6. The number of aromatic nitrogens is 2. The van der Waals surface area contributed by atoms with E-state index in [9.17, 15) is 8.42 Å². The molecule has 0 saturated carbocycles. The van der Waals surface area contributed by atoms with Crippen LogP contribution in [0.15, 0.2) is 34.5 Å². The van der Waals surface area contributed by atoms with Crippen LogP contribution in [0.1, 0.15) is 16.8 Å². The van der Waals surface area contributed by atoms with Crippen LogP contribution in [0.2, 0.25) is 5.02 Å². The van der Waals surface area contributed by atoms with Gasteiger partial charge in [-0.1, -0.05) is 17.7 Å². The molecule has 2 heterocycles. The second-order valence-electron chi connectivity index (χ2n) is 5.51. The van der Waals surface area contributed by atoms with Crippen molar-refractivity contribution >= 4 is 38.6 Å². The zero-order valence-corrected chi connectivity index (χ0v) is 15.7. The average molecular weight is 382 g/mol. The smallest absolute Gasteiger partial charge is 0.271 e. The first-order chi connectivity index (χ1) is 11.3. The summed E-state index contributed by atoms with van der Waals surface area (Å²) in [7, 11) is -3.67. The summed E-state index contributed by atoms with van der Waals surface area (Å²) < 4.78 is 28.1. The molecule has 8 heteroatoms. The highest BCUT2D eigenvalue weighted by Gasteiger charge is 2.20. The molecular formula is C16H16ClN3O2S2. The lowest BCUT2D eigenvalue weighted by Gasteiger charge is -2.09. The first-order valence-corrected chi connectivity index (χ1v) is 9.86. The van der Waals surface area contributed by atoms with Gasteiger partial charge in [0.15, 0.2) is 0 Å². The number of nitrogens with one attached hydrogen (secondary N) is 2. The number of sulfonamides is 1. The van der Waals surface area contributed by atoms with Gasteiger partial charge in [-0.3, -0.25) is 9.82 Å². The molecule has 2 N–H and O–H groups in total. The Balaban J connectivity index is 1.94. The standard InChI is InChI=1S/C16H16ClN3O2S2/c1-9-4-5-12(17)8-13(9)20-24(21,22)15-7-6-14(23-15)16-10(2)11(3)18-19-16/h4-8,20H,1-3H3,(H,18,19). The van der Waals surface area contributed by atoms with E-state index in [-0.39, 0.29) is 4.21 Å². The lowest BCUT2D eigenvalue weighted by molar-refractivity contribution is 0.603. The Morgan fingerprint density at radius 3 is 2.58 bits per heavy atom. The van der Waals surface area contributed by atoms with Crippen LogP contribution in [-0.4, -0.2) is 18.6 Å². The van der Waals surface area contributed by atoms with E-state index in [1.165, 1.54) is 11.3 Å². The lowest BCUT2D eigenvalue weighted by Crippen LogP contribution is -2.12. The average Bonchev–Trinajstić information content (AvgIpc) is 3.12. The Hall–Kier alpha value is -1.83. The van der Waals surface area contributed by atoms with E-state index in [1.54, 1.807) is 30.3 Å². The van der Waals surface area contributed by atoms with Crippen molar-refractivity contribution in [1.29, 1.82) is 0 Å². The summed E-state index contributed by atoms with van der Waals surface area (Å²) in [4.78, 5) is 0.806. The summed E-state index contributed by atoms with van der Waals surface area (Å²) in [5.41, 5.74) is 4.04. The molecule has 5 nitrogen and oxygen atoms in total. The number of H-pyrrole nitrogens is 1. The molecule has 3 aromatic rings. The third-order valence-corrected chi connectivity index (χ3v) is 6.96. The maximum Gasteiger partial charge on any atom is 0.271 e. The van der Waals surface area contributed by atoms with Crippen LogP contribution in [0.4, 0.5) is 5.69 Å². The van der Waals surface area contributed by atoms with E-state index in [4.69, 9.17) is 11.6 Å². The highest BCUT2D eigenvalue weighted by atomic mass is 35.5. The van der Waals surface area contributed by atoms with Gasteiger partial charge in [-0.05, 0) is 56.2 Å². The molecule has 0 amide bonds. The van der Waals surface area contributed by atoms with Crippen LogP contribution in [-0.2, 0) is 10.0 Å². The molecule has 0 radical (unpaired) electrons. The quantitative estimate of drug-likeness (QED) is 0.697. The van der Waals surface area contributed by atoms with Crippen molar-refractivity contribution in [3.05, 3.63) is 52.2 Å². The largest absolute Gasteiger partial charge is 0.282 e. The number of hydrogen-bond donors (Lipinski definition) is 2. The fourth-order valence-electron chi connectivity index (χ4n) is 2.22. The molecule has 1 aromatic carbocycles. The topological polar surface area (TPSA) is 74.8 Å². The van der Waals surface area contributed by atoms with Crippen molar-refractivity contribution in [1.82, 2.24) is 10.2 Å². The first kappa shape index (κ1) is 17.0. The Bertz CT molecular complexity index is 1010. The van der Waals surface area contributed by atoms with Crippen LogP contribution in [0.25, 0.3) is 10.6 Å². The SMILES string of the molecule is Cc1ccc(Cl)cc1NS(=O)(=O)c1ccc(-c2n[nH]c(C)c2C)s1. The third kappa shape index (κ3) is 3.19. The molecule has 126 valence electrons. The molecule has 0 spiro atoms. The second kappa shape index (κ2) is 6.23. The predicted octanol–water partition coefficient (Wildman–Crippen LogP) is 4.52. The van der Waals surface area contributed by atoms with Crippen LogP contribution in [0.3, 0.4) is 0 Å². The normalized spacial score (nSPS) is 11.7. The minimum atomic E-state index is -3.67. The van der Waals surface area contributed by atoms with Gasteiger partial charge in [0.05, 0.1) is 10.6 Å². The minimum absolute atomic E-state index is 0.233. The van der Waals surface area contributed by atoms with Gasteiger partial charge < -0.3 is 0 Å². The summed E-state index contributed by atoms with van der Waals surface area (Å²) in [6.07, 6.45) is 0. The molecule has 0 aliphatic heterocycles. The van der Waals surface area contributed by atoms with Gasteiger partial charge in [0.1, 0.15) is 9.90 Å². The van der Waals surface area contributed by atoms with Crippen LogP contribution in [0.5, 0.6) is 0 Å². The molecule has 3 rings (SSSR count). The van der Waals surface area contributed by atoms with E-state index >= 15 is 0 Å². The van der Waals surface area contributed by atoms with Crippen molar-refractivity contribution in [3.8, 4) is 10.6 Å². The summed E-state index contributed by atoms with van der Waals surface area (Å²) in [5.74, 6) is 0. The van der Waals surface area contributed by atoms with Crippen LogP contribution < -0.4 is 4.72 Å². The number of thiophene rings is 1. The molecule has 0 bridgehead atoms. The van der Waals surface area contributed by atoms with Crippen LogP contribution >= 0.6 is 22.9 Å². The van der Waals surface area contributed by atoms with Gasteiger partial charge in [-0.15, -0.1) is 11.3 Å². The molecular weight excluding hydrogens is 366 g/mol. The van der Waals surface area contributed by atoms with Gasteiger partial charge in [0.2, 0.25) is 0 Å². The molecule has 2 aromatic heterocycles. The molecule has 0 atom stereocenters. The zero-order valence-electron chi connectivity index (χ0n) is 13.3. The number of anilines is 1. The molecule has 0 aliphatic carbocycles. The van der Waals surface area contributed by atoms with Gasteiger partial charge in [0, 0.05) is 10.7 Å². The molecule has 24 heavy (non-hydrogen) atoms. The molecule has 0 fully saturated rings. The first-order valence-electron chi connectivity index (χ1n) is 7.18. The van der Waals surface area contributed by atoms with Gasteiger partial charge in [-0.2, -0.15) is 5.10 Å². The van der Waals surface area contributed by atoms with E-state index in [1.807, 2.05) is 20.8 Å². The third-order valence-electron chi connectivity index (χ3n) is 3.78. The lowest BCUT2D eigenvalue weighted by atomic mass is 10.2. The Labute approximate surface area is 149 Å².